The van der Waals surface area contributed by atoms with Crippen molar-refractivity contribution in [1.82, 2.24) is 15.1 Å². The molecule has 1 aromatic rings. The lowest BCUT2D eigenvalue weighted by molar-refractivity contribution is -0.136. The number of piperidine rings is 2. The molecule has 1 saturated carbocycles. The lowest BCUT2D eigenvalue weighted by atomic mass is 10.0. The van der Waals surface area contributed by atoms with Gasteiger partial charge in [-0.25, -0.2) is 0 Å². The van der Waals surface area contributed by atoms with Crippen molar-refractivity contribution in [1.29, 1.82) is 0 Å². The fraction of sp³-hybridized carbons (Fsp3) is 0.571. The van der Waals surface area contributed by atoms with Crippen LogP contribution in [0.4, 0.5) is 0 Å². The van der Waals surface area contributed by atoms with Crippen LogP contribution >= 0.6 is 0 Å². The van der Waals surface area contributed by atoms with Gasteiger partial charge in [-0.1, -0.05) is 6.92 Å². The monoisotopic (exact) mass is 383 g/mol. The van der Waals surface area contributed by atoms with Crippen molar-refractivity contribution in [2.75, 3.05) is 19.6 Å². The number of hydrogen-bond acceptors (Lipinski definition) is 5. The van der Waals surface area contributed by atoms with Gasteiger partial charge in [-0.3, -0.25) is 24.6 Å². The zero-order chi connectivity index (χ0) is 19.4. The summed E-state index contributed by atoms with van der Waals surface area (Å²) in [6.07, 6.45) is 2.10. The molecule has 4 aliphatic rings. The maximum absolute atomic E-state index is 12.8. The molecule has 3 heterocycles. The van der Waals surface area contributed by atoms with E-state index in [1.54, 1.807) is 4.90 Å². The second kappa shape index (κ2) is 6.58. The lowest BCUT2D eigenvalue weighted by Gasteiger charge is -2.31. The van der Waals surface area contributed by atoms with Crippen LogP contribution < -0.4 is 10.1 Å². The largest absolute Gasteiger partial charge is 0.489 e. The van der Waals surface area contributed by atoms with E-state index in [1.165, 1.54) is 13.0 Å². The number of nitrogens with one attached hydrogen (secondary N) is 1. The van der Waals surface area contributed by atoms with E-state index in [0.717, 1.165) is 30.3 Å². The van der Waals surface area contributed by atoms with Gasteiger partial charge in [0.2, 0.25) is 11.8 Å². The molecule has 0 spiro atoms. The minimum absolute atomic E-state index is 0.145. The molecule has 1 aromatic carbocycles. The third kappa shape index (κ3) is 2.98. The first-order valence-electron chi connectivity index (χ1n) is 10.2. The van der Waals surface area contributed by atoms with Gasteiger partial charge >= 0.3 is 0 Å². The number of rotatable bonds is 4. The molecule has 148 valence electrons. The molecule has 0 aromatic heterocycles. The first-order valence-corrected chi connectivity index (χ1v) is 10.2. The number of carbonyl (C=O) groups is 3. The molecule has 0 bridgehead atoms. The summed E-state index contributed by atoms with van der Waals surface area (Å²) in [4.78, 5) is 40.3. The van der Waals surface area contributed by atoms with E-state index >= 15 is 0 Å². The van der Waals surface area contributed by atoms with Gasteiger partial charge in [0.15, 0.2) is 0 Å². The van der Waals surface area contributed by atoms with Gasteiger partial charge in [-0.2, -0.15) is 0 Å². The molecule has 5 rings (SSSR count). The Labute approximate surface area is 164 Å². The Bertz CT molecular complexity index is 854. The van der Waals surface area contributed by atoms with E-state index in [2.05, 4.69) is 17.1 Å². The topological polar surface area (TPSA) is 79.0 Å². The van der Waals surface area contributed by atoms with Crippen molar-refractivity contribution in [3.63, 3.8) is 0 Å². The minimum Gasteiger partial charge on any atom is -0.489 e. The maximum atomic E-state index is 12.8. The van der Waals surface area contributed by atoms with E-state index in [0.29, 0.717) is 24.4 Å². The zero-order valence-electron chi connectivity index (χ0n) is 16.0. The van der Waals surface area contributed by atoms with Crippen molar-refractivity contribution >= 4 is 17.7 Å². The zero-order valence-corrected chi connectivity index (χ0v) is 16.0. The quantitative estimate of drug-likeness (QED) is 0.790. The second-order valence-electron chi connectivity index (χ2n) is 8.39. The maximum Gasteiger partial charge on any atom is 0.255 e. The fourth-order valence-electron chi connectivity index (χ4n) is 4.91. The van der Waals surface area contributed by atoms with Crippen molar-refractivity contribution in [2.45, 2.75) is 44.9 Å². The number of hydrogen-bond donors (Lipinski definition) is 1. The first kappa shape index (κ1) is 17.7. The fourth-order valence-corrected chi connectivity index (χ4v) is 4.91. The third-order valence-electron chi connectivity index (χ3n) is 6.62. The number of benzene rings is 1. The molecular formula is C21H25N3O4. The number of likely N-dealkylation sites (tertiary alicyclic amines) is 1. The van der Waals surface area contributed by atoms with Crippen LogP contribution in [0.3, 0.4) is 0 Å². The Morgan fingerprint density at radius 3 is 2.86 bits per heavy atom. The van der Waals surface area contributed by atoms with Crippen LogP contribution in [0.2, 0.25) is 0 Å². The molecule has 2 saturated heterocycles. The Kier molecular flexibility index (Phi) is 4.16. The molecule has 7 nitrogen and oxygen atoms in total. The standard InChI is InChI=1S/C21H25N3O4/c1-2-23-9-13-8-16(13)18(11-23)28-14-3-4-15-12(7-14)10-24(21(15)27)17-5-6-19(25)22-20(17)26/h3-4,7,13,16-18H,2,5-6,8-11H2,1H3,(H,22,25,26)/t13-,16?,17?,18+/m1/s1. The highest BCUT2D eigenvalue weighted by atomic mass is 16.5. The molecule has 0 radical (unpaired) electrons. The summed E-state index contributed by atoms with van der Waals surface area (Å²) in [6.45, 7) is 5.75. The molecule has 7 heteroatoms. The molecule has 28 heavy (non-hydrogen) atoms. The van der Waals surface area contributed by atoms with E-state index in [9.17, 15) is 14.4 Å². The summed E-state index contributed by atoms with van der Waals surface area (Å²) in [6, 6.07) is 5.04. The van der Waals surface area contributed by atoms with Crippen molar-refractivity contribution < 1.29 is 19.1 Å². The second-order valence-corrected chi connectivity index (χ2v) is 8.39. The summed E-state index contributed by atoms with van der Waals surface area (Å²) in [5.74, 6) is 1.41. The Morgan fingerprint density at radius 1 is 1.21 bits per heavy atom. The SMILES string of the molecule is CCN1C[C@H]2CC2[C@@H](Oc2ccc3c(c2)CN(C2CCC(=O)NC2=O)C3=O)C1. The van der Waals surface area contributed by atoms with Crippen LogP contribution in [0, 0.1) is 11.8 Å². The number of ether oxygens (including phenoxy) is 1. The van der Waals surface area contributed by atoms with Gasteiger partial charge < -0.3 is 9.64 Å². The number of likely N-dealkylation sites (N-methyl/N-ethyl adjacent to an activating group) is 1. The Balaban J connectivity index is 1.31. The van der Waals surface area contributed by atoms with Crippen LogP contribution in [0.25, 0.3) is 0 Å². The summed E-state index contributed by atoms with van der Waals surface area (Å²) >= 11 is 0. The molecule has 1 N–H and O–H groups in total. The van der Waals surface area contributed by atoms with Crippen molar-refractivity contribution in [3.8, 4) is 5.75 Å². The van der Waals surface area contributed by atoms with Gasteiger partial charge in [0.05, 0.1) is 0 Å². The molecule has 3 aliphatic heterocycles. The summed E-state index contributed by atoms with van der Waals surface area (Å²) in [7, 11) is 0. The molecule has 1 aliphatic carbocycles. The first-order chi connectivity index (χ1) is 13.5. The Hall–Kier alpha value is -2.41. The van der Waals surface area contributed by atoms with E-state index < -0.39 is 6.04 Å². The highest BCUT2D eigenvalue weighted by Gasteiger charge is 2.49. The van der Waals surface area contributed by atoms with Gasteiger partial charge in [0.1, 0.15) is 17.9 Å². The van der Waals surface area contributed by atoms with Crippen molar-refractivity contribution in [2.24, 2.45) is 11.8 Å². The number of nitrogens with zero attached hydrogens (tertiary/aromatic N) is 2. The molecular weight excluding hydrogens is 358 g/mol. The number of carbonyl (C=O) groups excluding carboxylic acids is 3. The van der Waals surface area contributed by atoms with Gasteiger partial charge in [-0.15, -0.1) is 0 Å². The number of fused-ring (bicyclic) bond motifs is 2. The summed E-state index contributed by atoms with van der Waals surface area (Å²) < 4.78 is 6.32. The Morgan fingerprint density at radius 2 is 2.07 bits per heavy atom. The smallest absolute Gasteiger partial charge is 0.255 e. The van der Waals surface area contributed by atoms with E-state index in [1.807, 2.05) is 18.2 Å². The third-order valence-corrected chi connectivity index (χ3v) is 6.62. The normalized spacial score (nSPS) is 32.0. The number of imide groups is 1. The van der Waals surface area contributed by atoms with E-state index in [4.69, 9.17) is 4.74 Å². The van der Waals surface area contributed by atoms with Gasteiger partial charge in [0.25, 0.3) is 5.91 Å². The van der Waals surface area contributed by atoms with Crippen LogP contribution in [0.15, 0.2) is 18.2 Å². The van der Waals surface area contributed by atoms with Gasteiger partial charge in [0, 0.05) is 37.5 Å². The van der Waals surface area contributed by atoms with Crippen LogP contribution in [-0.2, 0) is 16.1 Å². The lowest BCUT2D eigenvalue weighted by Crippen LogP contribution is -2.52. The molecule has 3 fully saturated rings. The number of amides is 3. The summed E-state index contributed by atoms with van der Waals surface area (Å²) in [5, 5.41) is 2.34. The van der Waals surface area contributed by atoms with E-state index in [-0.39, 0.29) is 30.2 Å². The van der Waals surface area contributed by atoms with Gasteiger partial charge in [-0.05, 0) is 49.1 Å². The molecule has 2 unspecified atom stereocenters. The van der Waals surface area contributed by atoms with Crippen LogP contribution in [0.5, 0.6) is 5.75 Å². The van der Waals surface area contributed by atoms with Crippen LogP contribution in [0.1, 0.15) is 42.1 Å². The predicted molar refractivity (Wildman–Crippen MR) is 101 cm³/mol. The van der Waals surface area contributed by atoms with Crippen molar-refractivity contribution in [3.05, 3.63) is 29.3 Å². The minimum atomic E-state index is -0.578. The highest BCUT2D eigenvalue weighted by Crippen LogP contribution is 2.46. The average molecular weight is 383 g/mol. The molecule has 3 amide bonds. The highest BCUT2D eigenvalue weighted by molar-refractivity contribution is 6.05. The summed E-state index contributed by atoms with van der Waals surface area (Å²) in [5.41, 5.74) is 1.52. The predicted octanol–water partition coefficient (Wildman–Crippen LogP) is 1.17. The van der Waals surface area contributed by atoms with Crippen LogP contribution in [-0.4, -0.2) is 59.3 Å². The average Bonchev–Trinajstić information content (AvgIpc) is 3.39. The molecule has 4 atom stereocenters.